The van der Waals surface area contributed by atoms with Crippen LogP contribution in [0.4, 0.5) is 4.79 Å². The van der Waals surface area contributed by atoms with Gasteiger partial charge in [0.2, 0.25) is 0 Å². The number of hydrogen-bond donors (Lipinski definition) is 3. The van der Waals surface area contributed by atoms with Crippen LogP contribution in [0.15, 0.2) is 0 Å². The maximum atomic E-state index is 11.7. The fourth-order valence-electron chi connectivity index (χ4n) is 2.18. The van der Waals surface area contributed by atoms with Crippen molar-refractivity contribution < 1.29 is 19.7 Å². The highest BCUT2D eigenvalue weighted by Gasteiger charge is 2.42. The molecule has 0 aromatic rings. The van der Waals surface area contributed by atoms with Crippen molar-refractivity contribution in [2.75, 3.05) is 13.2 Å². The van der Waals surface area contributed by atoms with Gasteiger partial charge >= 0.3 is 6.03 Å². The SMILES string of the molecule is N#C[C@H]1CC(CO)O[C@H]1N1CCC(O)NC1=O. The summed E-state index contributed by atoms with van der Waals surface area (Å²) in [5.74, 6) is -0.437. The standard InChI is InChI=1S/C10H15N3O4/c11-4-6-3-7(5-14)17-9(6)13-2-1-8(15)12-10(13)16/h6-9,14-15H,1-3,5H2,(H,12,16)/t6-,7?,8?,9-/m1/s1. The Morgan fingerprint density at radius 3 is 3.00 bits per heavy atom. The van der Waals surface area contributed by atoms with Gasteiger partial charge in [-0.05, 0) is 6.42 Å². The van der Waals surface area contributed by atoms with Crippen LogP contribution < -0.4 is 5.32 Å². The van der Waals surface area contributed by atoms with E-state index in [1.165, 1.54) is 4.90 Å². The highest BCUT2D eigenvalue weighted by atomic mass is 16.5. The Kier molecular flexibility index (Phi) is 3.47. The Bertz CT molecular complexity index is 343. The molecular formula is C10H15N3O4. The summed E-state index contributed by atoms with van der Waals surface area (Å²) in [6.45, 7) is 0.181. The highest BCUT2D eigenvalue weighted by Crippen LogP contribution is 2.29. The number of aliphatic hydroxyl groups is 2. The molecule has 0 aromatic heterocycles. The van der Waals surface area contributed by atoms with E-state index in [-0.39, 0.29) is 6.61 Å². The second-order valence-electron chi connectivity index (χ2n) is 4.25. The number of nitrogens with one attached hydrogen (secondary N) is 1. The summed E-state index contributed by atoms with van der Waals surface area (Å²) < 4.78 is 5.47. The van der Waals surface area contributed by atoms with Crippen LogP contribution in [0.1, 0.15) is 12.8 Å². The predicted octanol–water partition coefficient (Wildman–Crippen LogP) is -1.03. The van der Waals surface area contributed by atoms with Crippen molar-refractivity contribution in [1.29, 1.82) is 5.26 Å². The number of amides is 2. The van der Waals surface area contributed by atoms with Crippen LogP contribution in [-0.2, 0) is 4.74 Å². The number of rotatable bonds is 2. The van der Waals surface area contributed by atoms with Crippen molar-refractivity contribution in [2.45, 2.75) is 31.4 Å². The van der Waals surface area contributed by atoms with Gasteiger partial charge in [0.05, 0.1) is 24.7 Å². The van der Waals surface area contributed by atoms with Gasteiger partial charge in [0.15, 0.2) is 0 Å². The van der Waals surface area contributed by atoms with Crippen LogP contribution in [0.25, 0.3) is 0 Å². The second-order valence-corrected chi connectivity index (χ2v) is 4.25. The molecule has 0 aliphatic carbocycles. The third-order valence-corrected chi connectivity index (χ3v) is 3.06. The average molecular weight is 241 g/mol. The third kappa shape index (κ3) is 2.34. The van der Waals surface area contributed by atoms with Crippen molar-refractivity contribution in [1.82, 2.24) is 10.2 Å². The first-order valence-corrected chi connectivity index (χ1v) is 5.57. The molecule has 2 aliphatic heterocycles. The first-order chi connectivity index (χ1) is 8.15. The quantitative estimate of drug-likeness (QED) is 0.573. The van der Waals surface area contributed by atoms with Gasteiger partial charge in [-0.2, -0.15) is 5.26 Å². The fraction of sp³-hybridized carbons (Fsp3) is 0.800. The van der Waals surface area contributed by atoms with Crippen molar-refractivity contribution in [3.05, 3.63) is 0 Å². The molecule has 2 fully saturated rings. The van der Waals surface area contributed by atoms with Crippen LogP contribution in [0.3, 0.4) is 0 Å². The second kappa shape index (κ2) is 4.87. The number of aliphatic hydroxyl groups excluding tert-OH is 2. The van der Waals surface area contributed by atoms with E-state index < -0.39 is 30.5 Å². The highest BCUT2D eigenvalue weighted by molar-refractivity contribution is 5.75. The van der Waals surface area contributed by atoms with Crippen molar-refractivity contribution in [2.24, 2.45) is 5.92 Å². The molecule has 2 saturated heterocycles. The lowest BCUT2D eigenvalue weighted by molar-refractivity contribution is -0.0689. The number of nitrogens with zero attached hydrogens (tertiary/aromatic N) is 2. The minimum absolute atomic E-state index is 0.160. The average Bonchev–Trinajstić information content (AvgIpc) is 2.72. The van der Waals surface area contributed by atoms with Crippen LogP contribution in [0.2, 0.25) is 0 Å². The van der Waals surface area contributed by atoms with Crippen molar-refractivity contribution in [3.63, 3.8) is 0 Å². The Morgan fingerprint density at radius 2 is 2.41 bits per heavy atom. The number of carbonyl (C=O) groups excluding carboxylic acids is 1. The molecule has 0 aromatic carbocycles. The van der Waals surface area contributed by atoms with E-state index in [9.17, 15) is 9.90 Å². The largest absolute Gasteiger partial charge is 0.394 e. The van der Waals surface area contributed by atoms with Crippen molar-refractivity contribution >= 4 is 6.03 Å². The van der Waals surface area contributed by atoms with E-state index in [2.05, 4.69) is 11.4 Å². The lowest BCUT2D eigenvalue weighted by Crippen LogP contribution is -2.56. The predicted molar refractivity (Wildman–Crippen MR) is 55.3 cm³/mol. The first-order valence-electron chi connectivity index (χ1n) is 5.57. The molecule has 2 rings (SSSR count). The molecule has 2 amide bonds. The van der Waals surface area contributed by atoms with Crippen LogP contribution in [0.5, 0.6) is 0 Å². The molecule has 2 unspecified atom stereocenters. The van der Waals surface area contributed by atoms with Gasteiger partial charge in [-0.25, -0.2) is 4.79 Å². The fourth-order valence-corrected chi connectivity index (χ4v) is 2.18. The molecule has 0 spiro atoms. The van der Waals surface area contributed by atoms with Gasteiger partial charge in [-0.1, -0.05) is 0 Å². The zero-order chi connectivity index (χ0) is 12.4. The lowest BCUT2D eigenvalue weighted by atomic mass is 10.0. The van der Waals surface area contributed by atoms with Gasteiger partial charge in [0.1, 0.15) is 12.5 Å². The summed E-state index contributed by atoms with van der Waals surface area (Å²) in [7, 11) is 0. The summed E-state index contributed by atoms with van der Waals surface area (Å²) >= 11 is 0. The number of urea groups is 1. The lowest BCUT2D eigenvalue weighted by Gasteiger charge is -2.35. The maximum absolute atomic E-state index is 11.7. The number of carbonyl (C=O) groups is 1. The zero-order valence-electron chi connectivity index (χ0n) is 9.24. The molecule has 2 heterocycles. The molecule has 17 heavy (non-hydrogen) atoms. The zero-order valence-corrected chi connectivity index (χ0v) is 9.24. The van der Waals surface area contributed by atoms with Gasteiger partial charge in [-0.15, -0.1) is 0 Å². The van der Waals surface area contributed by atoms with E-state index in [0.29, 0.717) is 19.4 Å². The van der Waals surface area contributed by atoms with E-state index in [0.717, 1.165) is 0 Å². The summed E-state index contributed by atoms with van der Waals surface area (Å²) in [6.07, 6.45) is -1.05. The van der Waals surface area contributed by atoms with Gasteiger partial charge < -0.3 is 20.3 Å². The Hall–Kier alpha value is -1.36. The Morgan fingerprint density at radius 1 is 1.65 bits per heavy atom. The smallest absolute Gasteiger partial charge is 0.321 e. The normalized spacial score (nSPS) is 37.7. The monoisotopic (exact) mass is 241 g/mol. The summed E-state index contributed by atoms with van der Waals surface area (Å²) in [4.78, 5) is 13.1. The van der Waals surface area contributed by atoms with Gasteiger partial charge in [0.25, 0.3) is 0 Å². The van der Waals surface area contributed by atoms with Crippen LogP contribution in [-0.4, -0.2) is 52.9 Å². The molecule has 0 radical (unpaired) electrons. The molecule has 94 valence electrons. The van der Waals surface area contributed by atoms with E-state index in [1.807, 2.05) is 0 Å². The molecule has 0 saturated carbocycles. The summed E-state index contributed by atoms with van der Waals surface area (Å²) in [6, 6.07) is 1.65. The van der Waals surface area contributed by atoms with E-state index in [4.69, 9.17) is 15.1 Å². The minimum Gasteiger partial charge on any atom is -0.394 e. The molecule has 7 heteroatoms. The summed E-state index contributed by atoms with van der Waals surface area (Å²) in [5.41, 5.74) is 0. The topological polar surface area (TPSA) is 106 Å². The Balaban J connectivity index is 2.06. The van der Waals surface area contributed by atoms with Crippen LogP contribution in [0, 0.1) is 17.2 Å². The van der Waals surface area contributed by atoms with Crippen LogP contribution >= 0.6 is 0 Å². The molecular weight excluding hydrogens is 226 g/mol. The first kappa shape index (κ1) is 12.1. The third-order valence-electron chi connectivity index (χ3n) is 3.06. The van der Waals surface area contributed by atoms with Crippen molar-refractivity contribution in [3.8, 4) is 6.07 Å². The Labute approximate surface area is 98.6 Å². The number of ether oxygens (including phenoxy) is 1. The molecule has 3 N–H and O–H groups in total. The van der Waals surface area contributed by atoms with E-state index >= 15 is 0 Å². The van der Waals surface area contributed by atoms with Gasteiger partial charge in [-0.3, -0.25) is 4.90 Å². The maximum Gasteiger partial charge on any atom is 0.321 e. The summed E-state index contributed by atoms with van der Waals surface area (Å²) in [5, 5.41) is 29.6. The molecule has 7 nitrogen and oxygen atoms in total. The minimum atomic E-state index is -0.839. The van der Waals surface area contributed by atoms with E-state index in [1.54, 1.807) is 0 Å². The number of hydrogen-bond acceptors (Lipinski definition) is 5. The molecule has 2 aliphatic rings. The molecule has 4 atom stereocenters. The molecule has 0 bridgehead atoms. The van der Waals surface area contributed by atoms with Gasteiger partial charge in [0, 0.05) is 13.0 Å². The number of nitriles is 1.